The molecule has 146 valence electrons. The number of hydrogen-bond acceptors (Lipinski definition) is 5. The minimum atomic E-state index is -3.47. The van der Waals surface area contributed by atoms with Crippen LogP contribution in [0.4, 0.5) is 5.69 Å². The van der Waals surface area contributed by atoms with E-state index in [0.717, 1.165) is 25.7 Å². The number of carbonyl (C=O) groups is 2. The number of rotatable bonds is 7. The van der Waals surface area contributed by atoms with Gasteiger partial charge < -0.3 is 10.1 Å². The van der Waals surface area contributed by atoms with Crippen LogP contribution >= 0.6 is 0 Å². The fourth-order valence-electron chi connectivity index (χ4n) is 3.27. The molecule has 0 spiro atoms. The van der Waals surface area contributed by atoms with Gasteiger partial charge in [0.05, 0.1) is 11.3 Å². The lowest BCUT2D eigenvalue weighted by atomic mass is 10.1. The molecular weight excluding hydrogens is 368 g/mol. The van der Waals surface area contributed by atoms with Crippen molar-refractivity contribution in [2.24, 2.45) is 5.92 Å². The quantitative estimate of drug-likeness (QED) is 0.568. The van der Waals surface area contributed by atoms with E-state index in [0.29, 0.717) is 18.8 Å². The van der Waals surface area contributed by atoms with Crippen LogP contribution in [0.2, 0.25) is 0 Å². The Morgan fingerprint density at radius 2 is 1.85 bits per heavy atom. The topological polar surface area (TPSA) is 92.8 Å². The van der Waals surface area contributed by atoms with Gasteiger partial charge in [0.25, 0.3) is 5.91 Å². The minimum absolute atomic E-state index is 0.200. The van der Waals surface area contributed by atoms with Crippen LogP contribution in [0.5, 0.6) is 0 Å². The highest BCUT2D eigenvalue weighted by Crippen LogP contribution is 2.22. The first-order chi connectivity index (χ1) is 12.9. The first-order valence-electron chi connectivity index (χ1n) is 9.17. The molecule has 0 unspecified atom stereocenters. The normalized spacial score (nSPS) is 19.9. The van der Waals surface area contributed by atoms with Crippen LogP contribution in [-0.4, -0.2) is 44.3 Å². The number of carbonyl (C=O) groups excluding carboxylic acids is 2. The van der Waals surface area contributed by atoms with Crippen molar-refractivity contribution in [1.29, 1.82) is 0 Å². The molecule has 8 heteroatoms. The standard InChI is InChI=1S/C19H24N2O5S/c22-18(14-26-19(23)13-15-5-1-2-6-15)20-16-7-9-17(10-8-16)27(24,25)21-11-3-4-12-21/h1,5,7-10,15H,2-4,6,11-14H2,(H,20,22)/t15-/m0/s1. The zero-order chi connectivity index (χ0) is 19.3. The Labute approximate surface area is 159 Å². The lowest BCUT2D eigenvalue weighted by Gasteiger charge is -2.15. The number of amides is 1. The summed E-state index contributed by atoms with van der Waals surface area (Å²) in [6, 6.07) is 6.02. The van der Waals surface area contributed by atoms with E-state index in [2.05, 4.69) is 5.32 Å². The fraction of sp³-hybridized carbons (Fsp3) is 0.474. The molecule has 1 aliphatic heterocycles. The van der Waals surface area contributed by atoms with Gasteiger partial charge in [-0.3, -0.25) is 9.59 Å². The molecule has 1 saturated heterocycles. The maximum atomic E-state index is 12.5. The van der Waals surface area contributed by atoms with Gasteiger partial charge in [0.2, 0.25) is 10.0 Å². The maximum absolute atomic E-state index is 12.5. The Bertz CT molecular complexity index is 811. The van der Waals surface area contributed by atoms with Crippen molar-refractivity contribution in [3.8, 4) is 0 Å². The Kier molecular flexibility index (Phi) is 6.28. The van der Waals surface area contributed by atoms with E-state index < -0.39 is 21.9 Å². The first-order valence-corrected chi connectivity index (χ1v) is 10.6. The highest BCUT2D eigenvalue weighted by Gasteiger charge is 2.27. The molecule has 1 aromatic carbocycles. The first kappa shape index (κ1) is 19.6. The lowest BCUT2D eigenvalue weighted by Crippen LogP contribution is -2.27. The monoisotopic (exact) mass is 392 g/mol. The molecule has 0 radical (unpaired) electrons. The number of sulfonamides is 1. The second-order valence-electron chi connectivity index (χ2n) is 6.81. The maximum Gasteiger partial charge on any atom is 0.306 e. The van der Waals surface area contributed by atoms with Crippen molar-refractivity contribution in [3.05, 3.63) is 36.4 Å². The van der Waals surface area contributed by atoms with Gasteiger partial charge in [-0.05, 0) is 55.9 Å². The van der Waals surface area contributed by atoms with Crippen molar-refractivity contribution in [1.82, 2.24) is 4.31 Å². The van der Waals surface area contributed by atoms with E-state index in [9.17, 15) is 18.0 Å². The largest absolute Gasteiger partial charge is 0.456 e. The van der Waals surface area contributed by atoms with E-state index in [1.54, 1.807) is 0 Å². The molecule has 1 N–H and O–H groups in total. The third-order valence-corrected chi connectivity index (χ3v) is 6.66. The number of allylic oxidation sites excluding steroid dienone is 2. The van der Waals surface area contributed by atoms with E-state index in [1.165, 1.54) is 28.6 Å². The van der Waals surface area contributed by atoms with Crippen molar-refractivity contribution in [2.45, 2.75) is 37.0 Å². The number of benzene rings is 1. The van der Waals surface area contributed by atoms with Crippen molar-refractivity contribution >= 4 is 27.6 Å². The van der Waals surface area contributed by atoms with Gasteiger partial charge in [0.15, 0.2) is 6.61 Å². The number of nitrogens with one attached hydrogen (secondary N) is 1. The second kappa shape index (κ2) is 8.67. The van der Waals surface area contributed by atoms with Crippen LogP contribution in [0.1, 0.15) is 32.1 Å². The fourth-order valence-corrected chi connectivity index (χ4v) is 4.79. The van der Waals surface area contributed by atoms with Crippen molar-refractivity contribution in [2.75, 3.05) is 25.0 Å². The highest BCUT2D eigenvalue weighted by molar-refractivity contribution is 7.89. The summed E-state index contributed by atoms with van der Waals surface area (Å²) < 4.78 is 31.4. The summed E-state index contributed by atoms with van der Waals surface area (Å²) >= 11 is 0. The molecule has 27 heavy (non-hydrogen) atoms. The van der Waals surface area contributed by atoms with Gasteiger partial charge in [-0.2, -0.15) is 4.31 Å². The van der Waals surface area contributed by atoms with Gasteiger partial charge in [0.1, 0.15) is 0 Å². The van der Waals surface area contributed by atoms with E-state index in [4.69, 9.17) is 4.74 Å². The summed E-state index contributed by atoms with van der Waals surface area (Å²) in [5.74, 6) is -0.653. The average Bonchev–Trinajstić information content (AvgIpc) is 3.34. The van der Waals surface area contributed by atoms with Crippen molar-refractivity contribution < 1.29 is 22.7 Å². The molecule has 1 heterocycles. The van der Waals surface area contributed by atoms with Gasteiger partial charge >= 0.3 is 5.97 Å². The van der Waals surface area contributed by atoms with Gasteiger partial charge in [-0.15, -0.1) is 0 Å². The summed E-state index contributed by atoms with van der Waals surface area (Å²) in [5, 5.41) is 2.60. The summed E-state index contributed by atoms with van der Waals surface area (Å²) in [5.41, 5.74) is 0.454. The Hall–Kier alpha value is -2.19. The third kappa shape index (κ3) is 5.17. The molecule has 0 bridgehead atoms. The molecule has 2 aliphatic rings. The zero-order valence-electron chi connectivity index (χ0n) is 15.1. The zero-order valence-corrected chi connectivity index (χ0v) is 15.9. The molecule has 0 saturated carbocycles. The van der Waals surface area contributed by atoms with Crippen LogP contribution in [0, 0.1) is 5.92 Å². The molecule has 1 amide bonds. The molecular formula is C19H24N2O5S. The summed E-state index contributed by atoms with van der Waals surface area (Å²) in [6.45, 7) is 0.731. The third-order valence-electron chi connectivity index (χ3n) is 4.75. The van der Waals surface area contributed by atoms with Crippen LogP contribution in [-0.2, 0) is 24.3 Å². The number of nitrogens with zero attached hydrogens (tertiary/aromatic N) is 1. The SMILES string of the molecule is O=C(COC(=O)C[C@H]1C=CCC1)Nc1ccc(S(=O)(=O)N2CCCC2)cc1. The van der Waals surface area contributed by atoms with E-state index in [-0.39, 0.29) is 23.8 Å². The molecule has 0 aromatic heterocycles. The molecule has 1 fully saturated rings. The van der Waals surface area contributed by atoms with Crippen molar-refractivity contribution in [3.63, 3.8) is 0 Å². The number of ether oxygens (including phenoxy) is 1. The van der Waals surface area contributed by atoms with Gasteiger partial charge in [0, 0.05) is 18.8 Å². The van der Waals surface area contributed by atoms with Crippen LogP contribution in [0.15, 0.2) is 41.3 Å². The summed E-state index contributed by atoms with van der Waals surface area (Å²) in [6.07, 6.45) is 7.99. The predicted octanol–water partition coefficient (Wildman–Crippen LogP) is 2.31. The summed E-state index contributed by atoms with van der Waals surface area (Å²) in [4.78, 5) is 23.9. The number of esters is 1. The Morgan fingerprint density at radius 1 is 1.15 bits per heavy atom. The second-order valence-corrected chi connectivity index (χ2v) is 8.75. The number of anilines is 1. The molecule has 3 rings (SSSR count). The molecule has 1 aliphatic carbocycles. The highest BCUT2D eigenvalue weighted by atomic mass is 32.2. The number of hydrogen-bond donors (Lipinski definition) is 1. The van der Waals surface area contributed by atoms with Gasteiger partial charge in [-0.25, -0.2) is 8.42 Å². The van der Waals surface area contributed by atoms with Gasteiger partial charge in [-0.1, -0.05) is 12.2 Å². The van der Waals surface area contributed by atoms with Crippen LogP contribution in [0.3, 0.4) is 0 Å². The van der Waals surface area contributed by atoms with Crippen LogP contribution in [0.25, 0.3) is 0 Å². The molecule has 7 nitrogen and oxygen atoms in total. The Balaban J connectivity index is 1.48. The molecule has 1 atom stereocenters. The molecule has 1 aromatic rings. The van der Waals surface area contributed by atoms with Crippen LogP contribution < -0.4 is 5.32 Å². The lowest BCUT2D eigenvalue weighted by molar-refractivity contribution is -0.147. The summed E-state index contributed by atoms with van der Waals surface area (Å²) in [7, 11) is -3.47. The Morgan fingerprint density at radius 3 is 2.48 bits per heavy atom. The van der Waals surface area contributed by atoms with E-state index in [1.807, 2.05) is 12.2 Å². The predicted molar refractivity (Wildman–Crippen MR) is 101 cm³/mol. The minimum Gasteiger partial charge on any atom is -0.456 e. The average molecular weight is 392 g/mol. The van der Waals surface area contributed by atoms with E-state index >= 15 is 0 Å². The smallest absolute Gasteiger partial charge is 0.306 e.